The van der Waals surface area contributed by atoms with Crippen LogP contribution >= 0.6 is 23.2 Å². The van der Waals surface area contributed by atoms with Crippen LogP contribution in [0.1, 0.15) is 5.56 Å². The summed E-state index contributed by atoms with van der Waals surface area (Å²) in [5.74, 6) is -1.88. The first-order chi connectivity index (χ1) is 9.38. The minimum absolute atomic E-state index is 0.0417. The van der Waals surface area contributed by atoms with Crippen LogP contribution in [0, 0.1) is 0 Å². The number of nitrogens with one attached hydrogen (secondary N) is 1. The van der Waals surface area contributed by atoms with Crippen molar-refractivity contribution in [1.82, 2.24) is 5.32 Å². The number of carbonyl (C=O) groups excluding carboxylic acids is 3. The molecule has 1 rings (SSSR count). The second-order valence-electron chi connectivity index (χ2n) is 3.83. The van der Waals surface area contributed by atoms with Crippen molar-refractivity contribution in [3.05, 3.63) is 33.8 Å². The van der Waals surface area contributed by atoms with Gasteiger partial charge in [-0.25, -0.2) is 0 Å². The fourth-order valence-corrected chi connectivity index (χ4v) is 1.57. The van der Waals surface area contributed by atoms with E-state index < -0.39 is 24.4 Å². The second kappa shape index (κ2) is 7.72. The highest BCUT2D eigenvalue weighted by atomic mass is 35.5. The lowest BCUT2D eigenvalue weighted by molar-refractivity contribution is -0.147. The number of benzene rings is 1. The normalized spacial score (nSPS) is 9.90. The number of esters is 1. The molecule has 6 nitrogen and oxygen atoms in total. The Hall–Kier alpha value is -1.79. The molecule has 0 aromatic heterocycles. The van der Waals surface area contributed by atoms with Gasteiger partial charge >= 0.3 is 5.97 Å². The van der Waals surface area contributed by atoms with Crippen LogP contribution in [0.5, 0.6) is 0 Å². The molecule has 3 N–H and O–H groups in total. The summed E-state index contributed by atoms with van der Waals surface area (Å²) in [6.07, 6.45) is -0.0417. The van der Waals surface area contributed by atoms with Gasteiger partial charge in [-0.15, -0.1) is 0 Å². The smallest absolute Gasteiger partial charge is 0.310 e. The lowest BCUT2D eigenvalue weighted by atomic mass is 10.1. The molecule has 1 aromatic carbocycles. The van der Waals surface area contributed by atoms with Crippen LogP contribution < -0.4 is 11.1 Å². The summed E-state index contributed by atoms with van der Waals surface area (Å²) >= 11 is 11.5. The number of carbonyl (C=O) groups is 3. The highest BCUT2D eigenvalue weighted by Crippen LogP contribution is 2.22. The van der Waals surface area contributed by atoms with Crippen molar-refractivity contribution in [1.29, 1.82) is 0 Å². The summed E-state index contributed by atoms with van der Waals surface area (Å²) in [5, 5.41) is 2.90. The monoisotopic (exact) mass is 318 g/mol. The summed E-state index contributed by atoms with van der Waals surface area (Å²) in [6.45, 7) is -0.781. The maximum absolute atomic E-state index is 11.5. The van der Waals surface area contributed by atoms with Gasteiger partial charge in [0.1, 0.15) is 0 Å². The minimum Gasteiger partial charge on any atom is -0.455 e. The van der Waals surface area contributed by atoms with Crippen molar-refractivity contribution in [3.8, 4) is 0 Å². The molecule has 0 bridgehead atoms. The number of nitrogens with two attached hydrogens (primary N) is 1. The van der Waals surface area contributed by atoms with Crippen molar-refractivity contribution in [2.45, 2.75) is 6.42 Å². The average molecular weight is 319 g/mol. The number of rotatable bonds is 6. The predicted molar refractivity (Wildman–Crippen MR) is 73.3 cm³/mol. The minimum atomic E-state index is -0.680. The Balaban J connectivity index is 2.38. The molecule has 20 heavy (non-hydrogen) atoms. The molecule has 0 heterocycles. The first-order valence-electron chi connectivity index (χ1n) is 5.53. The molecule has 8 heteroatoms. The van der Waals surface area contributed by atoms with Crippen LogP contribution in [0.15, 0.2) is 18.2 Å². The van der Waals surface area contributed by atoms with Gasteiger partial charge in [0.05, 0.1) is 23.0 Å². The maximum Gasteiger partial charge on any atom is 0.310 e. The lowest BCUT2D eigenvalue weighted by Crippen LogP contribution is -2.36. The molecule has 1 aromatic rings. The fraction of sp³-hybridized carbons (Fsp3) is 0.250. The van der Waals surface area contributed by atoms with Crippen molar-refractivity contribution in [2.24, 2.45) is 5.73 Å². The Morgan fingerprint density at radius 1 is 1.20 bits per heavy atom. The predicted octanol–water partition coefficient (Wildman–Crippen LogP) is 0.681. The lowest BCUT2D eigenvalue weighted by Gasteiger charge is -2.06. The molecule has 2 amide bonds. The molecule has 0 fully saturated rings. The molecule has 0 spiro atoms. The van der Waals surface area contributed by atoms with Gasteiger partial charge in [-0.2, -0.15) is 0 Å². The summed E-state index contributed by atoms with van der Waals surface area (Å²) < 4.78 is 4.73. The third-order valence-corrected chi connectivity index (χ3v) is 2.90. The van der Waals surface area contributed by atoms with Crippen molar-refractivity contribution < 1.29 is 19.1 Å². The number of hydrogen-bond acceptors (Lipinski definition) is 4. The van der Waals surface area contributed by atoms with E-state index in [1.165, 1.54) is 6.07 Å². The zero-order valence-corrected chi connectivity index (χ0v) is 11.8. The highest BCUT2D eigenvalue weighted by molar-refractivity contribution is 6.42. The number of halogens is 2. The zero-order valence-electron chi connectivity index (χ0n) is 10.3. The Morgan fingerprint density at radius 3 is 2.50 bits per heavy atom. The largest absolute Gasteiger partial charge is 0.455 e. The zero-order chi connectivity index (χ0) is 15.1. The summed E-state index contributed by atoms with van der Waals surface area (Å²) in [6, 6.07) is 4.73. The molecule has 0 radical (unpaired) electrons. The molecule has 0 unspecified atom stereocenters. The van der Waals surface area contributed by atoms with Crippen LogP contribution in [0.2, 0.25) is 10.0 Å². The molecule has 0 saturated carbocycles. The molecule has 0 aliphatic heterocycles. The molecular weight excluding hydrogens is 307 g/mol. The Morgan fingerprint density at radius 2 is 1.90 bits per heavy atom. The average Bonchev–Trinajstić information content (AvgIpc) is 2.38. The van der Waals surface area contributed by atoms with Crippen molar-refractivity contribution in [2.75, 3.05) is 13.2 Å². The number of hydrogen-bond donors (Lipinski definition) is 2. The van der Waals surface area contributed by atoms with Crippen LogP contribution in [-0.2, 0) is 25.5 Å². The first kappa shape index (κ1) is 16.3. The van der Waals surface area contributed by atoms with E-state index in [-0.39, 0.29) is 13.0 Å². The van der Waals surface area contributed by atoms with Gasteiger partial charge < -0.3 is 15.8 Å². The molecule has 0 aliphatic rings. The van der Waals surface area contributed by atoms with Crippen LogP contribution in [0.3, 0.4) is 0 Å². The van der Waals surface area contributed by atoms with Crippen LogP contribution in [0.25, 0.3) is 0 Å². The molecular formula is C12H12Cl2N2O4. The van der Waals surface area contributed by atoms with Gasteiger partial charge in [0.2, 0.25) is 5.91 Å². The SMILES string of the molecule is NC(=O)CNC(=O)COC(=O)Cc1ccc(Cl)c(Cl)c1. The Kier molecular flexibility index (Phi) is 6.27. The van der Waals surface area contributed by atoms with E-state index >= 15 is 0 Å². The van der Waals surface area contributed by atoms with Gasteiger partial charge in [-0.1, -0.05) is 29.3 Å². The molecule has 0 atom stereocenters. The standard InChI is InChI=1S/C12H12Cl2N2O4/c13-8-2-1-7(3-9(8)14)4-12(19)20-6-11(18)16-5-10(15)17/h1-3H,4-6H2,(H2,15,17)(H,16,18). The van der Waals surface area contributed by atoms with E-state index in [1.54, 1.807) is 12.1 Å². The van der Waals surface area contributed by atoms with Gasteiger partial charge in [-0.3, -0.25) is 14.4 Å². The summed E-state index contributed by atoms with van der Waals surface area (Å²) in [7, 11) is 0. The van der Waals surface area contributed by atoms with E-state index in [1.807, 2.05) is 0 Å². The van der Waals surface area contributed by atoms with Crippen LogP contribution in [-0.4, -0.2) is 30.9 Å². The number of amides is 2. The van der Waals surface area contributed by atoms with Gasteiger partial charge in [-0.05, 0) is 17.7 Å². The van der Waals surface area contributed by atoms with Gasteiger partial charge in [0.15, 0.2) is 6.61 Å². The highest BCUT2D eigenvalue weighted by Gasteiger charge is 2.10. The van der Waals surface area contributed by atoms with Gasteiger partial charge in [0.25, 0.3) is 5.91 Å². The fourth-order valence-electron chi connectivity index (χ4n) is 1.25. The number of ether oxygens (including phenoxy) is 1. The quantitative estimate of drug-likeness (QED) is 0.753. The van der Waals surface area contributed by atoms with E-state index in [0.29, 0.717) is 15.6 Å². The third-order valence-electron chi connectivity index (χ3n) is 2.16. The Labute approximate surface area is 125 Å². The van der Waals surface area contributed by atoms with Crippen molar-refractivity contribution >= 4 is 41.0 Å². The topological polar surface area (TPSA) is 98.5 Å². The molecule has 108 valence electrons. The second-order valence-corrected chi connectivity index (χ2v) is 4.64. The van der Waals surface area contributed by atoms with E-state index in [9.17, 15) is 14.4 Å². The summed E-state index contributed by atoms with van der Waals surface area (Å²) in [4.78, 5) is 33.1. The third kappa shape index (κ3) is 5.90. The van der Waals surface area contributed by atoms with Gasteiger partial charge in [0, 0.05) is 0 Å². The van der Waals surface area contributed by atoms with E-state index in [4.69, 9.17) is 33.7 Å². The molecule has 0 saturated heterocycles. The summed E-state index contributed by atoms with van der Waals surface area (Å²) in [5.41, 5.74) is 5.45. The van der Waals surface area contributed by atoms with E-state index in [0.717, 1.165) is 0 Å². The first-order valence-corrected chi connectivity index (χ1v) is 6.28. The van der Waals surface area contributed by atoms with Crippen LogP contribution in [0.4, 0.5) is 0 Å². The Bertz CT molecular complexity index is 534. The van der Waals surface area contributed by atoms with Crippen molar-refractivity contribution in [3.63, 3.8) is 0 Å². The maximum atomic E-state index is 11.5. The van der Waals surface area contributed by atoms with E-state index in [2.05, 4.69) is 5.32 Å². The molecule has 0 aliphatic carbocycles. The number of primary amides is 1.